The fourth-order valence-electron chi connectivity index (χ4n) is 1.53. The van der Waals surface area contributed by atoms with Crippen molar-refractivity contribution < 1.29 is 4.42 Å². The summed E-state index contributed by atoms with van der Waals surface area (Å²) in [6.45, 7) is 5.62. The molecule has 0 amide bonds. The first-order valence-corrected chi connectivity index (χ1v) is 5.94. The van der Waals surface area contributed by atoms with Crippen LogP contribution in [0.4, 0.5) is 0 Å². The van der Waals surface area contributed by atoms with Gasteiger partial charge >= 0.3 is 0 Å². The van der Waals surface area contributed by atoms with Crippen LogP contribution < -0.4 is 11.3 Å². The van der Waals surface area contributed by atoms with Crippen LogP contribution in [0.1, 0.15) is 31.1 Å². The van der Waals surface area contributed by atoms with Crippen molar-refractivity contribution in [2.75, 3.05) is 13.6 Å². The summed E-state index contributed by atoms with van der Waals surface area (Å²) in [4.78, 5) is 6.40. The zero-order valence-corrected chi connectivity index (χ0v) is 10.9. The van der Waals surface area contributed by atoms with Crippen molar-refractivity contribution in [3.63, 3.8) is 0 Å². The first kappa shape index (κ1) is 13.6. The number of guanidine groups is 1. The molecule has 1 aromatic rings. The molecule has 3 N–H and O–H groups in total. The SMILES string of the molecule is CCCCN=C(NN)N(C)Cc1ccoc1C. The number of nitrogens with zero attached hydrogens (tertiary/aromatic N) is 2. The maximum atomic E-state index is 5.48. The maximum Gasteiger partial charge on any atom is 0.208 e. The fraction of sp³-hybridized carbons (Fsp3) is 0.583. The Balaban J connectivity index is 2.57. The molecule has 0 aliphatic carbocycles. The average Bonchev–Trinajstić information content (AvgIpc) is 2.70. The van der Waals surface area contributed by atoms with E-state index < -0.39 is 0 Å². The standard InChI is InChI=1S/C12H22N4O/c1-4-5-7-14-12(15-13)16(3)9-11-6-8-17-10(11)2/h6,8H,4-5,7,9,13H2,1-3H3,(H,14,15). The smallest absolute Gasteiger partial charge is 0.208 e. The van der Waals surface area contributed by atoms with Crippen LogP contribution in [-0.2, 0) is 6.54 Å². The van der Waals surface area contributed by atoms with E-state index in [1.165, 1.54) is 0 Å². The van der Waals surface area contributed by atoms with Gasteiger partial charge in [-0.2, -0.15) is 0 Å². The van der Waals surface area contributed by atoms with Crippen LogP contribution in [0.2, 0.25) is 0 Å². The Morgan fingerprint density at radius 1 is 1.59 bits per heavy atom. The predicted molar refractivity (Wildman–Crippen MR) is 69.4 cm³/mol. The average molecular weight is 238 g/mol. The third kappa shape index (κ3) is 4.11. The van der Waals surface area contributed by atoms with E-state index in [-0.39, 0.29) is 0 Å². The minimum absolute atomic E-state index is 0.707. The van der Waals surface area contributed by atoms with Gasteiger partial charge in [0.15, 0.2) is 0 Å². The van der Waals surface area contributed by atoms with Crippen LogP contribution >= 0.6 is 0 Å². The number of hydrogen-bond acceptors (Lipinski definition) is 3. The molecule has 1 aromatic heterocycles. The van der Waals surface area contributed by atoms with Crippen LogP contribution in [0.15, 0.2) is 21.7 Å². The molecule has 1 rings (SSSR count). The summed E-state index contributed by atoms with van der Waals surface area (Å²) in [6.07, 6.45) is 3.90. The third-order valence-electron chi connectivity index (χ3n) is 2.64. The van der Waals surface area contributed by atoms with E-state index >= 15 is 0 Å². The minimum atomic E-state index is 0.707. The van der Waals surface area contributed by atoms with Crippen molar-refractivity contribution in [1.29, 1.82) is 0 Å². The van der Waals surface area contributed by atoms with Gasteiger partial charge in [0.1, 0.15) is 5.76 Å². The lowest BCUT2D eigenvalue weighted by atomic mass is 10.2. The summed E-state index contributed by atoms with van der Waals surface area (Å²) >= 11 is 0. The van der Waals surface area contributed by atoms with E-state index in [4.69, 9.17) is 10.3 Å². The maximum absolute atomic E-state index is 5.48. The molecule has 96 valence electrons. The number of furan rings is 1. The van der Waals surface area contributed by atoms with E-state index in [1.54, 1.807) is 6.26 Å². The zero-order chi connectivity index (χ0) is 12.7. The van der Waals surface area contributed by atoms with Gasteiger partial charge < -0.3 is 9.32 Å². The van der Waals surface area contributed by atoms with Gasteiger partial charge in [0.05, 0.1) is 6.26 Å². The number of aliphatic imine (C=N–C) groups is 1. The second-order valence-corrected chi connectivity index (χ2v) is 4.06. The number of aryl methyl sites for hydroxylation is 1. The van der Waals surface area contributed by atoms with Gasteiger partial charge in [-0.3, -0.25) is 10.4 Å². The molecular weight excluding hydrogens is 216 g/mol. The van der Waals surface area contributed by atoms with Crippen LogP contribution in [-0.4, -0.2) is 24.5 Å². The van der Waals surface area contributed by atoms with Crippen molar-refractivity contribution in [1.82, 2.24) is 10.3 Å². The summed E-state index contributed by atoms with van der Waals surface area (Å²) in [5, 5.41) is 0. The third-order valence-corrected chi connectivity index (χ3v) is 2.64. The Hall–Kier alpha value is -1.49. The number of hydrazine groups is 1. The van der Waals surface area contributed by atoms with Gasteiger partial charge in [-0.05, 0) is 19.4 Å². The second kappa shape index (κ2) is 6.96. The lowest BCUT2D eigenvalue weighted by molar-refractivity contribution is 0.463. The number of unbranched alkanes of at least 4 members (excludes halogenated alkanes) is 1. The van der Waals surface area contributed by atoms with E-state index in [9.17, 15) is 0 Å². The molecule has 0 radical (unpaired) electrons. The molecule has 0 atom stereocenters. The normalized spacial score (nSPS) is 11.6. The fourth-order valence-corrected chi connectivity index (χ4v) is 1.53. The molecule has 0 fully saturated rings. The molecule has 0 bridgehead atoms. The van der Waals surface area contributed by atoms with Crippen LogP contribution in [0, 0.1) is 6.92 Å². The quantitative estimate of drug-likeness (QED) is 0.269. The molecule has 0 aliphatic rings. The number of nitrogens with one attached hydrogen (secondary N) is 1. The molecule has 0 saturated carbocycles. The first-order chi connectivity index (χ1) is 8.19. The minimum Gasteiger partial charge on any atom is -0.469 e. The van der Waals surface area contributed by atoms with Gasteiger partial charge in [-0.1, -0.05) is 13.3 Å². The van der Waals surface area contributed by atoms with E-state index in [0.717, 1.165) is 37.3 Å². The van der Waals surface area contributed by atoms with E-state index in [2.05, 4.69) is 17.3 Å². The number of hydrogen-bond donors (Lipinski definition) is 2. The second-order valence-electron chi connectivity index (χ2n) is 4.06. The largest absolute Gasteiger partial charge is 0.469 e. The van der Waals surface area contributed by atoms with Crippen molar-refractivity contribution >= 4 is 5.96 Å². The zero-order valence-electron chi connectivity index (χ0n) is 10.9. The Morgan fingerprint density at radius 3 is 2.88 bits per heavy atom. The first-order valence-electron chi connectivity index (χ1n) is 5.94. The Bertz CT molecular complexity index is 359. The Kier molecular flexibility index (Phi) is 5.56. The van der Waals surface area contributed by atoms with E-state index in [1.807, 2.05) is 24.9 Å². The molecule has 5 heteroatoms. The van der Waals surface area contributed by atoms with Gasteiger partial charge in [0, 0.05) is 25.7 Å². The van der Waals surface area contributed by atoms with Crippen molar-refractivity contribution in [2.45, 2.75) is 33.2 Å². The highest BCUT2D eigenvalue weighted by Crippen LogP contribution is 2.10. The molecule has 0 unspecified atom stereocenters. The molecule has 1 heterocycles. The summed E-state index contributed by atoms with van der Waals surface area (Å²) in [6, 6.07) is 1.96. The summed E-state index contributed by atoms with van der Waals surface area (Å²) in [5.41, 5.74) is 3.78. The highest BCUT2D eigenvalue weighted by atomic mass is 16.3. The van der Waals surface area contributed by atoms with Gasteiger partial charge in [0.25, 0.3) is 0 Å². The molecule has 17 heavy (non-hydrogen) atoms. The summed E-state index contributed by atoms with van der Waals surface area (Å²) < 4.78 is 5.26. The molecule has 0 aliphatic heterocycles. The van der Waals surface area contributed by atoms with Crippen molar-refractivity contribution in [2.24, 2.45) is 10.8 Å². The van der Waals surface area contributed by atoms with E-state index in [0.29, 0.717) is 5.96 Å². The van der Waals surface area contributed by atoms with Gasteiger partial charge in [-0.25, -0.2) is 5.84 Å². The van der Waals surface area contributed by atoms with Gasteiger partial charge in [0.2, 0.25) is 5.96 Å². The summed E-state index contributed by atoms with van der Waals surface area (Å²) in [7, 11) is 1.96. The van der Waals surface area contributed by atoms with Crippen LogP contribution in [0.5, 0.6) is 0 Å². The molecular formula is C12H22N4O. The van der Waals surface area contributed by atoms with Crippen molar-refractivity contribution in [3.05, 3.63) is 23.7 Å². The lowest BCUT2D eigenvalue weighted by Crippen LogP contribution is -2.42. The van der Waals surface area contributed by atoms with Gasteiger partial charge in [-0.15, -0.1) is 0 Å². The van der Waals surface area contributed by atoms with Crippen LogP contribution in [0.3, 0.4) is 0 Å². The molecule has 0 spiro atoms. The molecule has 0 aromatic carbocycles. The Labute approximate surface area is 103 Å². The topological polar surface area (TPSA) is 66.8 Å². The Morgan fingerprint density at radius 2 is 2.35 bits per heavy atom. The summed E-state index contributed by atoms with van der Waals surface area (Å²) in [5.74, 6) is 7.12. The predicted octanol–water partition coefficient (Wildman–Crippen LogP) is 1.64. The lowest BCUT2D eigenvalue weighted by Gasteiger charge is -2.20. The monoisotopic (exact) mass is 238 g/mol. The highest BCUT2D eigenvalue weighted by molar-refractivity contribution is 5.79. The number of nitrogens with two attached hydrogens (primary N) is 1. The van der Waals surface area contributed by atoms with Crippen molar-refractivity contribution in [3.8, 4) is 0 Å². The molecule has 0 saturated heterocycles. The van der Waals surface area contributed by atoms with Crippen LogP contribution in [0.25, 0.3) is 0 Å². The molecule has 5 nitrogen and oxygen atoms in total. The number of rotatable bonds is 5. The highest BCUT2D eigenvalue weighted by Gasteiger charge is 2.08.